The maximum absolute atomic E-state index is 10.3. The van der Waals surface area contributed by atoms with Crippen LogP contribution in [0.2, 0.25) is 0 Å². The Morgan fingerprint density at radius 1 is 0.600 bits per heavy atom. The van der Waals surface area contributed by atoms with E-state index in [2.05, 4.69) is 6.92 Å². The molecule has 0 heterocycles. The normalized spacial score (nSPS) is 8.68. The number of hydrogen-bond donors (Lipinski definition) is 1. The molecule has 0 spiro atoms. The van der Waals surface area contributed by atoms with Crippen molar-refractivity contribution in [1.82, 2.24) is 0 Å². The summed E-state index contributed by atoms with van der Waals surface area (Å²) in [7, 11) is 0. The molecular formula is C18H46Al2FeO4. The maximum Gasteiger partial charge on any atom is 0.303 e. The summed E-state index contributed by atoms with van der Waals surface area (Å²) in [6.07, 6.45) is 20.2. The van der Waals surface area contributed by atoms with Crippen LogP contribution in [-0.4, -0.2) is 56.8 Å². The van der Waals surface area contributed by atoms with Crippen molar-refractivity contribution in [3.05, 3.63) is 0 Å². The van der Waals surface area contributed by atoms with Crippen molar-refractivity contribution in [3.8, 4) is 0 Å². The third kappa shape index (κ3) is 40.8. The first-order chi connectivity index (χ1) is 9.77. The minimum absolute atomic E-state index is 0. The maximum atomic E-state index is 10.3. The predicted molar refractivity (Wildman–Crippen MR) is 114 cm³/mol. The van der Waals surface area contributed by atoms with E-state index in [4.69, 9.17) is 5.11 Å². The Morgan fingerprint density at radius 2 is 0.840 bits per heavy atom. The molecule has 4 nitrogen and oxygen atoms in total. The molecule has 0 radical (unpaired) electrons. The Kier molecular flexibility index (Phi) is 58.4. The smallest absolute Gasteiger partial charge is 0.303 e. The van der Waals surface area contributed by atoms with Gasteiger partial charge in [0, 0.05) is 23.5 Å². The molecule has 0 aliphatic heterocycles. The molecule has 0 aliphatic carbocycles. The molecule has 0 fully saturated rings. The van der Waals surface area contributed by atoms with Gasteiger partial charge in [0.1, 0.15) is 0 Å². The van der Waals surface area contributed by atoms with E-state index in [1.807, 2.05) is 0 Å². The first-order valence-corrected chi connectivity index (χ1v) is 8.99. The topological polar surface area (TPSA) is 100 Å². The number of hydrogen-bond acceptors (Lipinski definition) is 1. The molecule has 0 atom stereocenters. The standard InChI is InChI=1S/C18H36O2.2Al.Fe.2H2O.6H/c1-2-3-4-5-6-7-8-9-10-11-12-13-14-15-16-17-18(19)20;;;;;;;;;;;/h2-17H2,1H3,(H,19,20);;;;2*1H2;;;;;;. The van der Waals surface area contributed by atoms with E-state index < -0.39 is 5.97 Å². The summed E-state index contributed by atoms with van der Waals surface area (Å²) in [5, 5.41) is 8.52. The fourth-order valence-electron chi connectivity index (χ4n) is 2.65. The SMILES string of the molecule is CCCCCCCCCCCCCCCCCC(=O)O.O.O.[AlH3].[AlH3].[Fe]. The van der Waals surface area contributed by atoms with Crippen LogP contribution in [-0.2, 0) is 21.9 Å². The molecule has 0 saturated heterocycles. The number of carboxylic acids is 1. The molecule has 0 amide bonds. The van der Waals surface area contributed by atoms with Crippen LogP contribution in [0.5, 0.6) is 0 Å². The minimum Gasteiger partial charge on any atom is -0.481 e. The van der Waals surface area contributed by atoms with Crippen LogP contribution in [0.25, 0.3) is 0 Å². The van der Waals surface area contributed by atoms with E-state index >= 15 is 0 Å². The number of carboxylic acid groups (broad SMARTS) is 1. The molecule has 0 unspecified atom stereocenters. The molecule has 0 aliphatic rings. The second-order valence-corrected chi connectivity index (χ2v) is 6.09. The van der Waals surface area contributed by atoms with Gasteiger partial charge in [-0.25, -0.2) is 0 Å². The van der Waals surface area contributed by atoms with Crippen LogP contribution in [0.3, 0.4) is 0 Å². The third-order valence-electron chi connectivity index (χ3n) is 3.99. The molecule has 0 bridgehead atoms. The monoisotopic (exact) mass is 436 g/mol. The zero-order valence-electron chi connectivity index (χ0n) is 15.0. The van der Waals surface area contributed by atoms with Gasteiger partial charge in [0.05, 0.1) is 0 Å². The second-order valence-electron chi connectivity index (χ2n) is 6.09. The molecule has 25 heavy (non-hydrogen) atoms. The Labute approximate surface area is 187 Å². The summed E-state index contributed by atoms with van der Waals surface area (Å²) in [6.45, 7) is 2.27. The van der Waals surface area contributed by atoms with Crippen molar-refractivity contribution in [3.63, 3.8) is 0 Å². The van der Waals surface area contributed by atoms with Crippen molar-refractivity contribution in [2.24, 2.45) is 0 Å². The van der Waals surface area contributed by atoms with Gasteiger partial charge in [0.2, 0.25) is 0 Å². The van der Waals surface area contributed by atoms with Crippen molar-refractivity contribution >= 4 is 40.7 Å². The van der Waals surface area contributed by atoms with Gasteiger partial charge in [-0.15, -0.1) is 0 Å². The van der Waals surface area contributed by atoms with E-state index in [-0.39, 0.29) is 62.7 Å². The Morgan fingerprint density at radius 3 is 1.08 bits per heavy atom. The first-order valence-electron chi connectivity index (χ1n) is 8.99. The molecule has 0 aromatic carbocycles. The number of aliphatic carboxylic acids is 1. The summed E-state index contributed by atoms with van der Waals surface area (Å²) in [6, 6.07) is 0. The van der Waals surface area contributed by atoms with Gasteiger partial charge in [0.15, 0.2) is 34.7 Å². The molecule has 156 valence electrons. The molecule has 0 aromatic rings. The van der Waals surface area contributed by atoms with Gasteiger partial charge < -0.3 is 16.1 Å². The molecule has 0 saturated carbocycles. The second kappa shape index (κ2) is 36.0. The first kappa shape index (κ1) is 40.6. The van der Waals surface area contributed by atoms with Crippen LogP contribution in [0.15, 0.2) is 0 Å². The molecule has 5 N–H and O–H groups in total. The van der Waals surface area contributed by atoms with Crippen molar-refractivity contribution in [2.45, 2.75) is 110 Å². The number of unbranched alkanes of at least 4 members (excludes halogenated alkanes) is 14. The van der Waals surface area contributed by atoms with E-state index in [1.54, 1.807) is 0 Å². The van der Waals surface area contributed by atoms with Crippen molar-refractivity contribution < 1.29 is 37.9 Å². The van der Waals surface area contributed by atoms with Crippen LogP contribution >= 0.6 is 0 Å². The van der Waals surface area contributed by atoms with E-state index in [0.29, 0.717) is 6.42 Å². The Hall–Kier alpha value is 0.974. The average Bonchev–Trinajstić information content (AvgIpc) is 2.43. The summed E-state index contributed by atoms with van der Waals surface area (Å²) < 4.78 is 0. The average molecular weight is 436 g/mol. The van der Waals surface area contributed by atoms with Gasteiger partial charge >= 0.3 is 5.97 Å². The molecule has 0 aromatic heterocycles. The number of rotatable bonds is 16. The Balaban J connectivity index is -0.000000180. The molecule has 0 rings (SSSR count). The zero-order valence-corrected chi connectivity index (χ0v) is 16.1. The van der Waals surface area contributed by atoms with Crippen LogP contribution in [0, 0.1) is 0 Å². The molecular weight excluding hydrogens is 390 g/mol. The van der Waals surface area contributed by atoms with Gasteiger partial charge in [-0.1, -0.05) is 96.8 Å². The van der Waals surface area contributed by atoms with Crippen molar-refractivity contribution in [1.29, 1.82) is 0 Å². The van der Waals surface area contributed by atoms with Crippen LogP contribution in [0.4, 0.5) is 0 Å². The largest absolute Gasteiger partial charge is 0.481 e. The van der Waals surface area contributed by atoms with Crippen LogP contribution < -0.4 is 0 Å². The summed E-state index contributed by atoms with van der Waals surface area (Å²) >= 11 is 0. The van der Waals surface area contributed by atoms with E-state index in [0.717, 1.165) is 12.8 Å². The summed E-state index contributed by atoms with van der Waals surface area (Å²) in [5.41, 5.74) is 0. The summed E-state index contributed by atoms with van der Waals surface area (Å²) in [4.78, 5) is 10.3. The van der Waals surface area contributed by atoms with Gasteiger partial charge in [0.25, 0.3) is 0 Å². The zero-order chi connectivity index (χ0) is 14.9. The van der Waals surface area contributed by atoms with E-state index in [9.17, 15) is 4.79 Å². The third-order valence-corrected chi connectivity index (χ3v) is 3.99. The number of carbonyl (C=O) groups is 1. The molecule has 7 heteroatoms. The quantitative estimate of drug-likeness (QED) is 0.297. The predicted octanol–water partition coefficient (Wildman–Crippen LogP) is 2.31. The van der Waals surface area contributed by atoms with Gasteiger partial charge in [-0.3, -0.25) is 4.79 Å². The summed E-state index contributed by atoms with van der Waals surface area (Å²) in [5.74, 6) is -0.653. The Bertz CT molecular complexity index is 223. The van der Waals surface area contributed by atoms with Gasteiger partial charge in [-0.05, 0) is 6.42 Å². The van der Waals surface area contributed by atoms with Crippen LogP contribution in [0.1, 0.15) is 110 Å². The van der Waals surface area contributed by atoms with E-state index in [1.165, 1.54) is 83.5 Å². The minimum atomic E-state index is -0.653. The fourth-order valence-corrected chi connectivity index (χ4v) is 2.65. The van der Waals surface area contributed by atoms with Gasteiger partial charge in [-0.2, -0.15) is 0 Å². The fraction of sp³-hybridized carbons (Fsp3) is 0.944. The van der Waals surface area contributed by atoms with Crippen molar-refractivity contribution in [2.75, 3.05) is 0 Å².